The van der Waals surface area contributed by atoms with Crippen molar-refractivity contribution < 1.29 is 4.79 Å². The Kier molecular flexibility index (Phi) is 5.09. The number of para-hydroxylation sites is 1. The number of halogens is 1. The lowest BCUT2D eigenvalue weighted by Gasteiger charge is -2.15. The lowest BCUT2D eigenvalue weighted by atomic mass is 10.1. The van der Waals surface area contributed by atoms with Crippen molar-refractivity contribution in [2.24, 2.45) is 0 Å². The Labute approximate surface area is 153 Å². The fourth-order valence-electron chi connectivity index (χ4n) is 2.42. The Balaban J connectivity index is 1.84. The van der Waals surface area contributed by atoms with E-state index in [1.165, 1.54) is 16.8 Å². The molecule has 0 saturated carbocycles. The number of benzene rings is 2. The van der Waals surface area contributed by atoms with E-state index in [9.17, 15) is 9.59 Å². The van der Waals surface area contributed by atoms with Gasteiger partial charge in [0.05, 0.1) is 11.7 Å². The Hall–Kier alpha value is -2.73. The van der Waals surface area contributed by atoms with Crippen LogP contribution < -0.4 is 10.9 Å². The number of carbonyl (C=O) groups is 1. The van der Waals surface area contributed by atoms with Gasteiger partial charge in [-0.1, -0.05) is 46.3 Å². The molecule has 1 unspecified atom stereocenters. The molecule has 0 spiro atoms. The van der Waals surface area contributed by atoms with Gasteiger partial charge in [0.25, 0.3) is 11.5 Å². The molecule has 3 rings (SSSR count). The van der Waals surface area contributed by atoms with Crippen molar-refractivity contribution >= 4 is 21.8 Å². The number of nitrogens with zero attached hydrogens (tertiary/aromatic N) is 2. The van der Waals surface area contributed by atoms with Gasteiger partial charge in [-0.05, 0) is 42.8 Å². The molecule has 2 aromatic carbocycles. The molecule has 25 heavy (non-hydrogen) atoms. The molecule has 6 heteroatoms. The largest absolute Gasteiger partial charge is 0.344 e. The van der Waals surface area contributed by atoms with E-state index >= 15 is 0 Å². The van der Waals surface area contributed by atoms with Crippen LogP contribution in [0.2, 0.25) is 0 Å². The molecule has 0 aliphatic heterocycles. The Morgan fingerprint density at radius 1 is 1.08 bits per heavy atom. The molecular weight excluding hydrogens is 382 g/mol. The zero-order chi connectivity index (χ0) is 17.8. The van der Waals surface area contributed by atoms with Crippen LogP contribution in [0.3, 0.4) is 0 Å². The normalized spacial score (nSPS) is 11.8. The minimum atomic E-state index is -0.336. The quantitative estimate of drug-likeness (QED) is 0.732. The molecule has 0 radical (unpaired) electrons. The molecule has 1 aromatic heterocycles. The molecule has 0 aliphatic rings. The zero-order valence-corrected chi connectivity index (χ0v) is 15.1. The number of hydrogen-bond acceptors (Lipinski definition) is 3. The summed E-state index contributed by atoms with van der Waals surface area (Å²) in [6.07, 6.45) is 0. The van der Waals surface area contributed by atoms with Crippen molar-refractivity contribution in [3.8, 4) is 5.69 Å². The van der Waals surface area contributed by atoms with Crippen LogP contribution in [0, 0.1) is 0 Å². The van der Waals surface area contributed by atoms with E-state index in [2.05, 4.69) is 26.3 Å². The number of rotatable bonds is 4. The Morgan fingerprint density at radius 3 is 2.56 bits per heavy atom. The average Bonchev–Trinajstić information content (AvgIpc) is 2.62. The van der Waals surface area contributed by atoms with Crippen LogP contribution in [0.25, 0.3) is 5.69 Å². The van der Waals surface area contributed by atoms with Crippen molar-refractivity contribution in [2.45, 2.75) is 13.0 Å². The average molecular weight is 398 g/mol. The van der Waals surface area contributed by atoms with Crippen molar-refractivity contribution in [3.63, 3.8) is 0 Å². The Morgan fingerprint density at radius 2 is 1.84 bits per heavy atom. The summed E-state index contributed by atoms with van der Waals surface area (Å²) in [4.78, 5) is 24.5. The predicted molar refractivity (Wildman–Crippen MR) is 99.9 cm³/mol. The summed E-state index contributed by atoms with van der Waals surface area (Å²) >= 11 is 3.42. The topological polar surface area (TPSA) is 64.0 Å². The molecule has 1 N–H and O–H groups in total. The molecule has 0 saturated heterocycles. The van der Waals surface area contributed by atoms with Gasteiger partial charge in [-0.2, -0.15) is 9.78 Å². The molecule has 0 bridgehead atoms. The van der Waals surface area contributed by atoms with Gasteiger partial charge in [0.2, 0.25) is 0 Å². The summed E-state index contributed by atoms with van der Waals surface area (Å²) in [5.41, 5.74) is 1.48. The van der Waals surface area contributed by atoms with Crippen LogP contribution in [-0.2, 0) is 0 Å². The predicted octanol–water partition coefficient (Wildman–Crippen LogP) is 3.49. The summed E-state index contributed by atoms with van der Waals surface area (Å²) < 4.78 is 2.17. The highest BCUT2D eigenvalue weighted by Crippen LogP contribution is 2.18. The molecule has 1 heterocycles. The minimum Gasteiger partial charge on any atom is -0.344 e. The molecule has 126 valence electrons. The number of amides is 1. The molecule has 5 nitrogen and oxygen atoms in total. The maximum atomic E-state index is 12.5. The van der Waals surface area contributed by atoms with E-state index in [0.29, 0.717) is 5.69 Å². The SMILES string of the molecule is CC(NC(=O)c1ccc(=O)n(-c2ccccc2)n1)c1cccc(Br)c1. The smallest absolute Gasteiger partial charge is 0.272 e. The number of hydrogen-bond donors (Lipinski definition) is 1. The van der Waals surface area contributed by atoms with E-state index in [4.69, 9.17) is 0 Å². The fraction of sp³-hybridized carbons (Fsp3) is 0.105. The van der Waals surface area contributed by atoms with Gasteiger partial charge in [-0.3, -0.25) is 9.59 Å². The van der Waals surface area contributed by atoms with E-state index in [1.807, 2.05) is 49.4 Å². The van der Waals surface area contributed by atoms with Crippen molar-refractivity contribution in [2.75, 3.05) is 0 Å². The molecular formula is C19H16BrN3O2. The van der Waals surface area contributed by atoms with Crippen LogP contribution in [0.15, 0.2) is 76.0 Å². The van der Waals surface area contributed by atoms with Crippen LogP contribution in [0.1, 0.15) is 29.0 Å². The number of nitrogens with one attached hydrogen (secondary N) is 1. The fourth-order valence-corrected chi connectivity index (χ4v) is 2.83. The first-order valence-electron chi connectivity index (χ1n) is 7.77. The highest BCUT2D eigenvalue weighted by atomic mass is 79.9. The summed E-state index contributed by atoms with van der Waals surface area (Å²) in [6.45, 7) is 1.90. The maximum absolute atomic E-state index is 12.5. The zero-order valence-electron chi connectivity index (χ0n) is 13.5. The summed E-state index contributed by atoms with van der Waals surface area (Å²) in [7, 11) is 0. The monoisotopic (exact) mass is 397 g/mol. The van der Waals surface area contributed by atoms with E-state index in [0.717, 1.165) is 10.0 Å². The molecule has 0 fully saturated rings. The van der Waals surface area contributed by atoms with E-state index in [-0.39, 0.29) is 23.2 Å². The van der Waals surface area contributed by atoms with Crippen LogP contribution in [-0.4, -0.2) is 15.7 Å². The van der Waals surface area contributed by atoms with Gasteiger partial charge in [0.15, 0.2) is 0 Å². The maximum Gasteiger partial charge on any atom is 0.272 e. The summed E-state index contributed by atoms with van der Waals surface area (Å²) in [5, 5.41) is 7.09. The lowest BCUT2D eigenvalue weighted by molar-refractivity contribution is 0.0933. The molecule has 1 amide bonds. The third kappa shape index (κ3) is 4.03. The molecule has 0 aliphatic carbocycles. The van der Waals surface area contributed by atoms with Gasteiger partial charge >= 0.3 is 0 Å². The summed E-state index contributed by atoms with van der Waals surface area (Å²) in [6, 6.07) is 19.3. The third-order valence-corrected chi connectivity index (χ3v) is 4.22. The standard InChI is InChI=1S/C19H16BrN3O2/c1-13(14-6-5-7-15(20)12-14)21-19(25)17-10-11-18(24)23(22-17)16-8-3-2-4-9-16/h2-13H,1H3,(H,21,25). The van der Waals surface area contributed by atoms with Gasteiger partial charge in [0.1, 0.15) is 5.69 Å². The van der Waals surface area contributed by atoms with Crippen molar-refractivity contribution in [1.29, 1.82) is 0 Å². The second-order valence-electron chi connectivity index (χ2n) is 5.55. The van der Waals surface area contributed by atoms with E-state index in [1.54, 1.807) is 12.1 Å². The second-order valence-corrected chi connectivity index (χ2v) is 6.47. The highest BCUT2D eigenvalue weighted by Gasteiger charge is 2.14. The third-order valence-electron chi connectivity index (χ3n) is 3.73. The van der Waals surface area contributed by atoms with Crippen LogP contribution >= 0.6 is 15.9 Å². The van der Waals surface area contributed by atoms with Gasteiger partial charge < -0.3 is 5.32 Å². The first kappa shape index (κ1) is 17.1. The van der Waals surface area contributed by atoms with Crippen molar-refractivity contribution in [1.82, 2.24) is 15.1 Å². The van der Waals surface area contributed by atoms with E-state index < -0.39 is 0 Å². The number of aromatic nitrogens is 2. The first-order valence-corrected chi connectivity index (χ1v) is 8.56. The molecule has 3 aromatic rings. The number of carbonyl (C=O) groups excluding carboxylic acids is 1. The van der Waals surface area contributed by atoms with Gasteiger partial charge in [-0.15, -0.1) is 0 Å². The van der Waals surface area contributed by atoms with Crippen LogP contribution in [0.4, 0.5) is 0 Å². The Bertz CT molecular complexity index is 954. The van der Waals surface area contributed by atoms with Crippen molar-refractivity contribution in [3.05, 3.63) is 92.8 Å². The highest BCUT2D eigenvalue weighted by molar-refractivity contribution is 9.10. The van der Waals surface area contributed by atoms with Gasteiger partial charge in [-0.25, -0.2) is 0 Å². The van der Waals surface area contributed by atoms with Crippen LogP contribution in [0.5, 0.6) is 0 Å². The lowest BCUT2D eigenvalue weighted by Crippen LogP contribution is -2.30. The summed E-state index contributed by atoms with van der Waals surface area (Å²) in [5.74, 6) is -0.336. The molecule has 1 atom stereocenters. The first-order chi connectivity index (χ1) is 12.0. The second kappa shape index (κ2) is 7.44. The van der Waals surface area contributed by atoms with Gasteiger partial charge in [0, 0.05) is 10.5 Å². The minimum absolute atomic E-state index is 0.185.